The summed E-state index contributed by atoms with van der Waals surface area (Å²) in [5.74, 6) is 1.83. The van der Waals surface area contributed by atoms with E-state index in [9.17, 15) is 4.79 Å². The summed E-state index contributed by atoms with van der Waals surface area (Å²) in [5, 5.41) is 0. The lowest BCUT2D eigenvalue weighted by Crippen LogP contribution is -2.44. The second kappa shape index (κ2) is 8.05. The summed E-state index contributed by atoms with van der Waals surface area (Å²) < 4.78 is 0. The van der Waals surface area contributed by atoms with Crippen LogP contribution in [0.5, 0.6) is 0 Å². The summed E-state index contributed by atoms with van der Waals surface area (Å²) in [4.78, 5) is 15.2. The molecule has 0 N–H and O–H groups in total. The molecule has 2 heteroatoms. The van der Waals surface area contributed by atoms with Crippen LogP contribution in [0.4, 0.5) is 0 Å². The molecule has 3 unspecified atom stereocenters. The van der Waals surface area contributed by atoms with Crippen LogP contribution in [0.15, 0.2) is 0 Å². The van der Waals surface area contributed by atoms with Crippen LogP contribution < -0.4 is 0 Å². The lowest BCUT2D eigenvalue weighted by molar-refractivity contribution is -0.142. The summed E-state index contributed by atoms with van der Waals surface area (Å²) >= 11 is 0. The van der Waals surface area contributed by atoms with Crippen molar-refractivity contribution in [3.8, 4) is 0 Å². The smallest absolute Gasteiger partial charge is 0.228 e. The number of unbranched alkanes of at least 4 members (excludes halogenated alkanes) is 1. The fourth-order valence-electron chi connectivity index (χ4n) is 3.75. The Balaban J connectivity index is 2.76. The van der Waals surface area contributed by atoms with Gasteiger partial charge in [-0.1, -0.05) is 53.9 Å². The van der Waals surface area contributed by atoms with E-state index in [0.717, 1.165) is 38.3 Å². The van der Waals surface area contributed by atoms with Gasteiger partial charge in [0, 0.05) is 18.5 Å². The van der Waals surface area contributed by atoms with Gasteiger partial charge < -0.3 is 4.90 Å². The standard InChI is InChI=1S/C18H35NO/c1-6-8-11-18(5,10-7-2)17(20)19-12-9-15(3)13-16(4)14-19/h15-16H,6-14H2,1-5H3. The third-order valence-corrected chi connectivity index (χ3v) is 4.92. The number of hydrogen-bond donors (Lipinski definition) is 0. The quantitative estimate of drug-likeness (QED) is 0.679. The normalized spacial score (nSPS) is 26.9. The largest absolute Gasteiger partial charge is 0.342 e. The molecule has 3 atom stereocenters. The molecule has 0 aliphatic carbocycles. The van der Waals surface area contributed by atoms with Crippen molar-refractivity contribution >= 4 is 5.91 Å². The van der Waals surface area contributed by atoms with Gasteiger partial charge in [0.2, 0.25) is 5.91 Å². The minimum Gasteiger partial charge on any atom is -0.342 e. The first-order chi connectivity index (χ1) is 9.42. The molecular weight excluding hydrogens is 246 g/mol. The minimum atomic E-state index is -0.127. The summed E-state index contributed by atoms with van der Waals surface area (Å²) in [5.41, 5.74) is -0.127. The number of likely N-dealkylation sites (tertiary alicyclic amines) is 1. The first-order valence-corrected chi connectivity index (χ1v) is 8.72. The van der Waals surface area contributed by atoms with Gasteiger partial charge >= 0.3 is 0 Å². The van der Waals surface area contributed by atoms with Gasteiger partial charge in [0.25, 0.3) is 0 Å². The van der Waals surface area contributed by atoms with Crippen LogP contribution in [0.25, 0.3) is 0 Å². The van der Waals surface area contributed by atoms with Gasteiger partial charge in [0.15, 0.2) is 0 Å². The molecule has 1 amide bonds. The first kappa shape index (κ1) is 17.5. The van der Waals surface area contributed by atoms with Crippen molar-refractivity contribution in [1.29, 1.82) is 0 Å². The van der Waals surface area contributed by atoms with Gasteiger partial charge in [0.1, 0.15) is 0 Å². The molecule has 118 valence electrons. The van der Waals surface area contributed by atoms with E-state index < -0.39 is 0 Å². The molecule has 0 saturated carbocycles. The van der Waals surface area contributed by atoms with Crippen molar-refractivity contribution in [1.82, 2.24) is 4.90 Å². The Hall–Kier alpha value is -0.530. The Morgan fingerprint density at radius 1 is 1.15 bits per heavy atom. The second-order valence-electron chi connectivity index (χ2n) is 7.40. The topological polar surface area (TPSA) is 20.3 Å². The fourth-order valence-corrected chi connectivity index (χ4v) is 3.75. The Bertz CT molecular complexity index is 302. The molecule has 1 aliphatic heterocycles. The average Bonchev–Trinajstić information content (AvgIpc) is 2.56. The molecular formula is C18H35NO. The van der Waals surface area contributed by atoms with Crippen molar-refractivity contribution in [3.05, 3.63) is 0 Å². The zero-order valence-corrected chi connectivity index (χ0v) is 14.4. The second-order valence-corrected chi connectivity index (χ2v) is 7.40. The van der Waals surface area contributed by atoms with E-state index in [0.29, 0.717) is 11.8 Å². The molecule has 0 spiro atoms. The third kappa shape index (κ3) is 4.79. The highest BCUT2D eigenvalue weighted by molar-refractivity contribution is 5.82. The predicted molar refractivity (Wildman–Crippen MR) is 86.7 cm³/mol. The van der Waals surface area contributed by atoms with E-state index in [-0.39, 0.29) is 5.41 Å². The van der Waals surface area contributed by atoms with E-state index in [2.05, 4.69) is 39.5 Å². The number of carbonyl (C=O) groups is 1. The Morgan fingerprint density at radius 3 is 2.45 bits per heavy atom. The minimum absolute atomic E-state index is 0.127. The lowest BCUT2D eigenvalue weighted by atomic mass is 9.79. The van der Waals surface area contributed by atoms with Crippen LogP contribution >= 0.6 is 0 Å². The number of nitrogens with zero attached hydrogens (tertiary/aromatic N) is 1. The van der Waals surface area contributed by atoms with Crippen LogP contribution in [-0.2, 0) is 4.79 Å². The average molecular weight is 281 g/mol. The molecule has 1 saturated heterocycles. The number of rotatable bonds is 6. The predicted octanol–water partition coefficient (Wildman–Crippen LogP) is 4.88. The Kier molecular flexibility index (Phi) is 7.05. The highest BCUT2D eigenvalue weighted by Gasteiger charge is 2.36. The van der Waals surface area contributed by atoms with Crippen molar-refractivity contribution in [3.63, 3.8) is 0 Å². The summed E-state index contributed by atoms with van der Waals surface area (Å²) in [7, 11) is 0. The number of carbonyl (C=O) groups excluding carboxylic acids is 1. The van der Waals surface area contributed by atoms with Crippen molar-refractivity contribution in [2.24, 2.45) is 17.3 Å². The van der Waals surface area contributed by atoms with Crippen LogP contribution in [0.3, 0.4) is 0 Å². The molecule has 0 aromatic heterocycles. The maximum Gasteiger partial charge on any atom is 0.228 e. The van der Waals surface area contributed by atoms with Gasteiger partial charge in [-0.15, -0.1) is 0 Å². The van der Waals surface area contributed by atoms with E-state index in [1.165, 1.54) is 25.7 Å². The van der Waals surface area contributed by atoms with Crippen molar-refractivity contribution in [2.75, 3.05) is 13.1 Å². The van der Waals surface area contributed by atoms with E-state index >= 15 is 0 Å². The molecule has 0 bridgehead atoms. The van der Waals surface area contributed by atoms with Gasteiger partial charge in [-0.3, -0.25) is 4.79 Å². The van der Waals surface area contributed by atoms with Crippen LogP contribution in [0.2, 0.25) is 0 Å². The summed E-state index contributed by atoms with van der Waals surface area (Å²) in [6.45, 7) is 13.2. The molecule has 1 aliphatic rings. The molecule has 0 aromatic carbocycles. The number of hydrogen-bond acceptors (Lipinski definition) is 1. The first-order valence-electron chi connectivity index (χ1n) is 8.72. The molecule has 1 rings (SSSR count). The van der Waals surface area contributed by atoms with Crippen molar-refractivity contribution < 1.29 is 4.79 Å². The van der Waals surface area contributed by atoms with Crippen molar-refractivity contribution in [2.45, 2.75) is 79.6 Å². The Morgan fingerprint density at radius 2 is 1.85 bits per heavy atom. The lowest BCUT2D eigenvalue weighted by Gasteiger charge is -2.35. The highest BCUT2D eigenvalue weighted by atomic mass is 16.2. The van der Waals surface area contributed by atoms with Gasteiger partial charge in [-0.25, -0.2) is 0 Å². The molecule has 2 nitrogen and oxygen atoms in total. The van der Waals surface area contributed by atoms with Crippen LogP contribution in [0.1, 0.15) is 79.6 Å². The number of amides is 1. The maximum atomic E-state index is 13.0. The summed E-state index contributed by atoms with van der Waals surface area (Å²) in [6.07, 6.45) is 7.98. The fraction of sp³-hybridized carbons (Fsp3) is 0.944. The van der Waals surface area contributed by atoms with Gasteiger partial charge in [-0.05, 0) is 37.5 Å². The van der Waals surface area contributed by atoms with Crippen LogP contribution in [0, 0.1) is 17.3 Å². The SMILES string of the molecule is CCCCC(C)(CCC)C(=O)N1CCC(C)CC(C)C1. The molecule has 20 heavy (non-hydrogen) atoms. The van der Waals surface area contributed by atoms with Gasteiger partial charge in [-0.2, -0.15) is 0 Å². The zero-order valence-electron chi connectivity index (χ0n) is 14.4. The van der Waals surface area contributed by atoms with Crippen LogP contribution in [-0.4, -0.2) is 23.9 Å². The molecule has 1 heterocycles. The molecule has 1 fully saturated rings. The summed E-state index contributed by atoms with van der Waals surface area (Å²) in [6, 6.07) is 0. The van der Waals surface area contributed by atoms with Gasteiger partial charge in [0.05, 0.1) is 0 Å². The molecule has 0 radical (unpaired) electrons. The maximum absolute atomic E-state index is 13.0. The zero-order chi connectivity index (χ0) is 15.2. The third-order valence-electron chi connectivity index (χ3n) is 4.92. The molecule has 0 aromatic rings. The highest BCUT2D eigenvalue weighted by Crippen LogP contribution is 2.34. The Labute approximate surface area is 126 Å². The van der Waals surface area contributed by atoms with E-state index in [4.69, 9.17) is 0 Å². The van der Waals surface area contributed by atoms with E-state index in [1.54, 1.807) is 0 Å². The monoisotopic (exact) mass is 281 g/mol. The van der Waals surface area contributed by atoms with E-state index in [1.807, 2.05) is 0 Å².